The summed E-state index contributed by atoms with van der Waals surface area (Å²) in [5, 5.41) is 10.9. The summed E-state index contributed by atoms with van der Waals surface area (Å²) in [4.78, 5) is 21.0. The first-order chi connectivity index (χ1) is 7.50. The fraction of sp³-hybridized carbons (Fsp3) is 0.300. The van der Waals surface area contributed by atoms with Crippen molar-refractivity contribution in [2.45, 2.75) is 18.3 Å². The van der Waals surface area contributed by atoms with Crippen molar-refractivity contribution >= 4 is 35.2 Å². The van der Waals surface area contributed by atoms with Gasteiger partial charge >= 0.3 is 0 Å². The molecule has 1 aliphatic carbocycles. The second-order valence-corrected chi connectivity index (χ2v) is 4.63. The highest BCUT2D eigenvalue weighted by Gasteiger charge is 2.47. The van der Waals surface area contributed by atoms with Gasteiger partial charge in [0.25, 0.3) is 5.69 Å². The smallest absolute Gasteiger partial charge is 0.272 e. The molecule has 0 aliphatic heterocycles. The standard InChI is InChI=1S/C10H7Cl2NO3/c11-7-3-6(13(15)16)4-8(12)9(7)10(5-14)1-2-10/h3-5H,1-2H2. The predicted molar refractivity (Wildman–Crippen MR) is 60.1 cm³/mol. The number of benzene rings is 1. The minimum absolute atomic E-state index is 0.166. The molecule has 0 unspecified atom stereocenters. The van der Waals surface area contributed by atoms with Crippen LogP contribution in [0.5, 0.6) is 0 Å². The number of nitro groups is 1. The molecule has 4 nitrogen and oxygen atoms in total. The van der Waals surface area contributed by atoms with Crippen LogP contribution in [0, 0.1) is 10.1 Å². The molecule has 1 aliphatic rings. The van der Waals surface area contributed by atoms with E-state index < -0.39 is 10.3 Å². The van der Waals surface area contributed by atoms with Gasteiger partial charge in [-0.1, -0.05) is 23.2 Å². The monoisotopic (exact) mass is 259 g/mol. The minimum atomic E-state index is -0.622. The number of non-ortho nitro benzene ring substituents is 1. The van der Waals surface area contributed by atoms with Gasteiger partial charge in [0, 0.05) is 17.7 Å². The van der Waals surface area contributed by atoms with Crippen LogP contribution in [0.15, 0.2) is 12.1 Å². The molecular weight excluding hydrogens is 253 g/mol. The molecule has 1 fully saturated rings. The highest BCUT2D eigenvalue weighted by molar-refractivity contribution is 6.37. The van der Waals surface area contributed by atoms with Crippen molar-refractivity contribution in [2.24, 2.45) is 0 Å². The summed E-state index contributed by atoms with van der Waals surface area (Å²) in [6.45, 7) is 0. The largest absolute Gasteiger partial charge is 0.302 e. The minimum Gasteiger partial charge on any atom is -0.302 e. The summed E-state index contributed by atoms with van der Waals surface area (Å²) >= 11 is 11.9. The molecule has 0 amide bonds. The molecule has 1 saturated carbocycles. The number of halogens is 2. The van der Waals surface area contributed by atoms with Crippen LogP contribution in [0.25, 0.3) is 0 Å². The molecule has 0 saturated heterocycles. The maximum absolute atomic E-state index is 11.0. The zero-order valence-electron chi connectivity index (χ0n) is 8.07. The van der Waals surface area contributed by atoms with Gasteiger partial charge in [0.05, 0.1) is 20.4 Å². The third-order valence-electron chi connectivity index (χ3n) is 2.75. The Morgan fingerprint density at radius 2 is 1.81 bits per heavy atom. The van der Waals surface area contributed by atoms with Crippen LogP contribution in [0.4, 0.5) is 5.69 Å². The van der Waals surface area contributed by atoms with Crippen molar-refractivity contribution in [2.75, 3.05) is 0 Å². The molecule has 0 aromatic heterocycles. The molecule has 0 heterocycles. The number of rotatable bonds is 3. The first-order valence-corrected chi connectivity index (χ1v) is 5.36. The zero-order chi connectivity index (χ0) is 11.9. The van der Waals surface area contributed by atoms with Gasteiger partial charge in [-0.15, -0.1) is 0 Å². The van der Waals surface area contributed by atoms with E-state index in [2.05, 4.69) is 0 Å². The molecule has 0 N–H and O–H groups in total. The van der Waals surface area contributed by atoms with Crippen LogP contribution >= 0.6 is 23.2 Å². The van der Waals surface area contributed by atoms with Gasteiger partial charge in [0.1, 0.15) is 6.29 Å². The first-order valence-electron chi connectivity index (χ1n) is 4.60. The SMILES string of the molecule is O=CC1(c2c(Cl)cc([N+](=O)[O-])cc2Cl)CC1. The maximum atomic E-state index is 11.0. The predicted octanol–water partition coefficient (Wildman–Crippen LogP) is 3.13. The third kappa shape index (κ3) is 1.68. The van der Waals surface area contributed by atoms with Gasteiger partial charge in [-0.25, -0.2) is 0 Å². The fourth-order valence-corrected chi connectivity index (χ4v) is 2.55. The highest BCUT2D eigenvalue weighted by Crippen LogP contribution is 2.52. The second-order valence-electron chi connectivity index (χ2n) is 3.82. The van der Waals surface area contributed by atoms with Crippen molar-refractivity contribution in [1.29, 1.82) is 0 Å². The Hall–Kier alpha value is -1.13. The van der Waals surface area contributed by atoms with Crippen molar-refractivity contribution in [1.82, 2.24) is 0 Å². The van der Waals surface area contributed by atoms with E-state index in [9.17, 15) is 14.9 Å². The number of nitrogens with zero attached hydrogens (tertiary/aromatic N) is 1. The van der Waals surface area contributed by atoms with Gasteiger partial charge in [-0.3, -0.25) is 10.1 Å². The Labute approximate surface area is 101 Å². The van der Waals surface area contributed by atoms with Gasteiger partial charge in [0.2, 0.25) is 0 Å². The van der Waals surface area contributed by atoms with E-state index in [-0.39, 0.29) is 15.7 Å². The first kappa shape index (κ1) is 11.4. The third-order valence-corrected chi connectivity index (χ3v) is 3.35. The van der Waals surface area contributed by atoms with E-state index in [4.69, 9.17) is 23.2 Å². The van der Waals surface area contributed by atoms with E-state index in [1.54, 1.807) is 0 Å². The number of hydrogen-bond donors (Lipinski definition) is 0. The summed E-state index contributed by atoms with van der Waals surface area (Å²) in [5.41, 5.74) is -0.277. The van der Waals surface area contributed by atoms with Crippen LogP contribution in [0.1, 0.15) is 18.4 Å². The van der Waals surface area contributed by atoms with Crippen LogP contribution in [-0.2, 0) is 10.2 Å². The molecule has 0 spiro atoms. The van der Waals surface area contributed by atoms with E-state index >= 15 is 0 Å². The summed E-state index contributed by atoms with van der Waals surface area (Å²) in [7, 11) is 0. The average Bonchev–Trinajstić information content (AvgIpc) is 2.97. The van der Waals surface area contributed by atoms with Crippen molar-refractivity contribution in [3.63, 3.8) is 0 Å². The van der Waals surface area contributed by atoms with Gasteiger partial charge < -0.3 is 4.79 Å². The average molecular weight is 260 g/mol. The summed E-state index contributed by atoms with van der Waals surface area (Å²) < 4.78 is 0. The normalized spacial score (nSPS) is 16.9. The Bertz CT molecular complexity index is 460. The van der Waals surface area contributed by atoms with E-state index in [0.717, 1.165) is 6.29 Å². The topological polar surface area (TPSA) is 60.2 Å². The lowest BCUT2D eigenvalue weighted by atomic mass is 9.97. The van der Waals surface area contributed by atoms with Crippen LogP contribution in [0.3, 0.4) is 0 Å². The summed E-state index contributed by atoms with van der Waals surface area (Å²) in [6.07, 6.45) is 2.19. The van der Waals surface area contributed by atoms with Crippen LogP contribution in [0.2, 0.25) is 10.0 Å². The Morgan fingerprint density at radius 3 is 2.12 bits per heavy atom. The summed E-state index contributed by atoms with van der Waals surface area (Å²) in [6, 6.07) is 2.46. The summed E-state index contributed by atoms with van der Waals surface area (Å²) in [5.74, 6) is 0. The van der Waals surface area contributed by atoms with Crippen LogP contribution in [-0.4, -0.2) is 11.2 Å². The van der Waals surface area contributed by atoms with Crippen molar-refractivity contribution in [3.8, 4) is 0 Å². The Kier molecular flexibility index (Phi) is 2.64. The molecule has 84 valence electrons. The van der Waals surface area contributed by atoms with Gasteiger partial charge in [-0.05, 0) is 12.8 Å². The number of carbonyl (C=O) groups excluding carboxylic acids is 1. The molecule has 16 heavy (non-hydrogen) atoms. The number of nitro benzene ring substituents is 1. The molecular formula is C10H7Cl2NO3. The fourth-order valence-electron chi connectivity index (χ4n) is 1.70. The van der Waals surface area contributed by atoms with E-state index in [1.807, 2.05) is 0 Å². The molecule has 6 heteroatoms. The lowest BCUT2D eigenvalue weighted by Gasteiger charge is -2.11. The molecule has 0 atom stereocenters. The lowest BCUT2D eigenvalue weighted by molar-refractivity contribution is -0.384. The highest BCUT2D eigenvalue weighted by atomic mass is 35.5. The van der Waals surface area contributed by atoms with Gasteiger partial charge in [0.15, 0.2) is 0 Å². The second kappa shape index (κ2) is 3.71. The van der Waals surface area contributed by atoms with E-state index in [0.29, 0.717) is 18.4 Å². The molecule has 0 bridgehead atoms. The maximum Gasteiger partial charge on any atom is 0.272 e. The van der Waals surface area contributed by atoms with Crippen LogP contribution < -0.4 is 0 Å². The number of carbonyl (C=O) groups is 1. The Morgan fingerprint density at radius 1 is 1.31 bits per heavy atom. The van der Waals surface area contributed by atoms with Gasteiger partial charge in [-0.2, -0.15) is 0 Å². The van der Waals surface area contributed by atoms with E-state index in [1.165, 1.54) is 12.1 Å². The lowest BCUT2D eigenvalue weighted by Crippen LogP contribution is -2.09. The zero-order valence-corrected chi connectivity index (χ0v) is 9.59. The molecule has 2 rings (SSSR count). The number of hydrogen-bond acceptors (Lipinski definition) is 3. The quantitative estimate of drug-likeness (QED) is 0.476. The van der Waals surface area contributed by atoms with Crippen molar-refractivity contribution in [3.05, 3.63) is 37.9 Å². The van der Waals surface area contributed by atoms with Crippen molar-refractivity contribution < 1.29 is 9.72 Å². The molecule has 0 radical (unpaired) electrons. The molecule has 1 aromatic carbocycles. The Balaban J connectivity index is 2.56. The number of aldehydes is 1. The molecule has 1 aromatic rings.